The zero-order chi connectivity index (χ0) is 12.1. The number of carbonyl (C=O) groups is 1. The van der Waals surface area contributed by atoms with Crippen LogP contribution in [0.4, 0.5) is 0 Å². The summed E-state index contributed by atoms with van der Waals surface area (Å²) in [6.07, 6.45) is 4.67. The molecule has 0 fully saturated rings. The summed E-state index contributed by atoms with van der Waals surface area (Å²) in [5.74, 6) is 1.86. The highest BCUT2D eigenvalue weighted by molar-refractivity contribution is 5.73. The van der Waals surface area contributed by atoms with E-state index in [1.165, 1.54) is 12.8 Å². The lowest BCUT2D eigenvalue weighted by atomic mass is 10.2. The normalized spacial score (nSPS) is 14.6. The SMILES string of the molecule is NC(=O)CCCNCc1nnc2n1CCCC2. The van der Waals surface area contributed by atoms with E-state index in [1.54, 1.807) is 0 Å². The molecule has 0 saturated heterocycles. The van der Waals surface area contributed by atoms with Crippen LogP contribution < -0.4 is 11.1 Å². The average Bonchev–Trinajstić information content (AvgIpc) is 2.72. The van der Waals surface area contributed by atoms with Gasteiger partial charge in [0.2, 0.25) is 5.91 Å². The molecule has 3 N–H and O–H groups in total. The van der Waals surface area contributed by atoms with Gasteiger partial charge >= 0.3 is 0 Å². The van der Waals surface area contributed by atoms with Crippen LogP contribution in [0.1, 0.15) is 37.3 Å². The van der Waals surface area contributed by atoms with Crippen molar-refractivity contribution in [3.05, 3.63) is 11.6 Å². The molecular weight excluding hydrogens is 218 g/mol. The summed E-state index contributed by atoms with van der Waals surface area (Å²) >= 11 is 0. The molecule has 2 heterocycles. The second-order valence-corrected chi connectivity index (χ2v) is 4.39. The van der Waals surface area contributed by atoms with Crippen molar-refractivity contribution < 1.29 is 4.79 Å². The molecule has 17 heavy (non-hydrogen) atoms. The van der Waals surface area contributed by atoms with Crippen molar-refractivity contribution in [3.63, 3.8) is 0 Å². The Balaban J connectivity index is 1.75. The van der Waals surface area contributed by atoms with E-state index in [0.717, 1.165) is 37.6 Å². The van der Waals surface area contributed by atoms with Crippen LogP contribution in [0.5, 0.6) is 0 Å². The minimum atomic E-state index is -0.244. The standard InChI is InChI=1S/C11H19N5O/c12-9(17)4-3-6-13-8-11-15-14-10-5-1-2-7-16(10)11/h13H,1-8H2,(H2,12,17). The topological polar surface area (TPSA) is 85.8 Å². The van der Waals surface area contributed by atoms with Gasteiger partial charge in [0.15, 0.2) is 0 Å². The summed E-state index contributed by atoms with van der Waals surface area (Å²) in [5, 5.41) is 11.6. The van der Waals surface area contributed by atoms with Gasteiger partial charge in [-0.3, -0.25) is 4.79 Å². The predicted octanol–water partition coefficient (Wildman–Crippen LogP) is -0.0305. The van der Waals surface area contributed by atoms with Gasteiger partial charge in [-0.1, -0.05) is 0 Å². The zero-order valence-corrected chi connectivity index (χ0v) is 9.98. The van der Waals surface area contributed by atoms with Crippen molar-refractivity contribution in [3.8, 4) is 0 Å². The predicted molar refractivity (Wildman–Crippen MR) is 63.1 cm³/mol. The lowest BCUT2D eigenvalue weighted by Gasteiger charge is -2.14. The van der Waals surface area contributed by atoms with E-state index in [9.17, 15) is 4.79 Å². The van der Waals surface area contributed by atoms with Crippen LogP contribution in [-0.2, 0) is 24.3 Å². The molecule has 0 radical (unpaired) electrons. The second-order valence-electron chi connectivity index (χ2n) is 4.39. The van der Waals surface area contributed by atoms with Gasteiger partial charge in [0.25, 0.3) is 0 Å². The van der Waals surface area contributed by atoms with E-state index >= 15 is 0 Å². The Hall–Kier alpha value is -1.43. The number of nitrogens with one attached hydrogen (secondary N) is 1. The summed E-state index contributed by atoms with van der Waals surface area (Å²) in [5.41, 5.74) is 5.07. The number of hydrogen-bond acceptors (Lipinski definition) is 4. The molecule has 0 atom stereocenters. The molecular formula is C11H19N5O. The Bertz CT molecular complexity index is 387. The third kappa shape index (κ3) is 3.26. The number of primary amides is 1. The first-order valence-corrected chi connectivity index (χ1v) is 6.17. The molecule has 1 aromatic rings. The van der Waals surface area contributed by atoms with Crippen LogP contribution >= 0.6 is 0 Å². The fourth-order valence-electron chi connectivity index (χ4n) is 2.09. The van der Waals surface area contributed by atoms with Gasteiger partial charge in [0, 0.05) is 19.4 Å². The lowest BCUT2D eigenvalue weighted by molar-refractivity contribution is -0.118. The maximum absolute atomic E-state index is 10.6. The average molecular weight is 237 g/mol. The number of nitrogens with zero attached hydrogens (tertiary/aromatic N) is 3. The Morgan fingerprint density at radius 2 is 2.29 bits per heavy atom. The first kappa shape index (κ1) is 12.0. The molecule has 6 heteroatoms. The molecule has 1 aromatic heterocycles. The van der Waals surface area contributed by atoms with Crippen LogP contribution in [0.2, 0.25) is 0 Å². The highest BCUT2D eigenvalue weighted by Gasteiger charge is 2.14. The van der Waals surface area contributed by atoms with Crippen LogP contribution in [0.25, 0.3) is 0 Å². The molecule has 1 amide bonds. The Morgan fingerprint density at radius 1 is 1.41 bits per heavy atom. The van der Waals surface area contributed by atoms with Crippen molar-refractivity contribution >= 4 is 5.91 Å². The second kappa shape index (κ2) is 5.77. The molecule has 0 spiro atoms. The summed E-state index contributed by atoms with van der Waals surface area (Å²) in [4.78, 5) is 10.6. The smallest absolute Gasteiger partial charge is 0.217 e. The molecule has 1 aliphatic rings. The molecule has 0 saturated carbocycles. The maximum atomic E-state index is 10.6. The van der Waals surface area contributed by atoms with Crippen molar-refractivity contribution in [2.45, 2.75) is 45.2 Å². The number of fused-ring (bicyclic) bond motifs is 1. The van der Waals surface area contributed by atoms with Crippen LogP contribution in [-0.4, -0.2) is 27.2 Å². The number of rotatable bonds is 6. The Morgan fingerprint density at radius 3 is 3.12 bits per heavy atom. The van der Waals surface area contributed by atoms with E-state index in [0.29, 0.717) is 13.0 Å². The summed E-state index contributed by atoms with van der Waals surface area (Å²) in [6.45, 7) is 2.53. The number of aryl methyl sites for hydroxylation is 1. The van der Waals surface area contributed by atoms with E-state index in [4.69, 9.17) is 5.73 Å². The van der Waals surface area contributed by atoms with Crippen LogP contribution in [0.15, 0.2) is 0 Å². The van der Waals surface area contributed by atoms with Crippen LogP contribution in [0, 0.1) is 0 Å². The van der Waals surface area contributed by atoms with Gasteiger partial charge in [-0.25, -0.2) is 0 Å². The number of hydrogen-bond donors (Lipinski definition) is 2. The Labute approximate surface area is 101 Å². The summed E-state index contributed by atoms with van der Waals surface area (Å²) < 4.78 is 2.20. The quantitative estimate of drug-likeness (QED) is 0.680. The number of carbonyl (C=O) groups excluding carboxylic acids is 1. The monoisotopic (exact) mass is 237 g/mol. The van der Waals surface area contributed by atoms with Crippen molar-refractivity contribution in [1.82, 2.24) is 20.1 Å². The number of nitrogens with two attached hydrogens (primary N) is 1. The van der Waals surface area contributed by atoms with Crippen molar-refractivity contribution in [1.29, 1.82) is 0 Å². The van der Waals surface area contributed by atoms with E-state index in [1.807, 2.05) is 0 Å². The van der Waals surface area contributed by atoms with E-state index in [2.05, 4.69) is 20.1 Å². The van der Waals surface area contributed by atoms with Crippen LogP contribution in [0.3, 0.4) is 0 Å². The van der Waals surface area contributed by atoms with E-state index < -0.39 is 0 Å². The highest BCUT2D eigenvalue weighted by Crippen LogP contribution is 2.13. The fourth-order valence-corrected chi connectivity index (χ4v) is 2.09. The minimum Gasteiger partial charge on any atom is -0.370 e. The van der Waals surface area contributed by atoms with Crippen molar-refractivity contribution in [2.24, 2.45) is 5.73 Å². The molecule has 0 aliphatic carbocycles. The largest absolute Gasteiger partial charge is 0.370 e. The third-order valence-electron chi connectivity index (χ3n) is 3.00. The molecule has 0 aromatic carbocycles. The van der Waals surface area contributed by atoms with Gasteiger partial charge in [0.05, 0.1) is 6.54 Å². The highest BCUT2D eigenvalue weighted by atomic mass is 16.1. The third-order valence-corrected chi connectivity index (χ3v) is 3.00. The molecule has 94 valence electrons. The molecule has 6 nitrogen and oxygen atoms in total. The minimum absolute atomic E-state index is 0.244. The fraction of sp³-hybridized carbons (Fsp3) is 0.727. The molecule has 0 bridgehead atoms. The lowest BCUT2D eigenvalue weighted by Crippen LogP contribution is -2.21. The number of aromatic nitrogens is 3. The molecule has 1 aliphatic heterocycles. The van der Waals surface area contributed by atoms with Gasteiger partial charge in [-0.2, -0.15) is 0 Å². The number of amides is 1. The molecule has 0 unspecified atom stereocenters. The Kier molecular flexibility index (Phi) is 4.08. The van der Waals surface area contributed by atoms with Gasteiger partial charge in [0.1, 0.15) is 11.6 Å². The van der Waals surface area contributed by atoms with E-state index in [-0.39, 0.29) is 5.91 Å². The van der Waals surface area contributed by atoms with Crippen molar-refractivity contribution in [2.75, 3.05) is 6.54 Å². The van der Waals surface area contributed by atoms with Gasteiger partial charge < -0.3 is 15.6 Å². The zero-order valence-electron chi connectivity index (χ0n) is 9.98. The summed E-state index contributed by atoms with van der Waals surface area (Å²) in [7, 11) is 0. The van der Waals surface area contributed by atoms with Gasteiger partial charge in [-0.05, 0) is 25.8 Å². The van der Waals surface area contributed by atoms with Gasteiger partial charge in [-0.15, -0.1) is 10.2 Å². The maximum Gasteiger partial charge on any atom is 0.217 e. The first-order valence-electron chi connectivity index (χ1n) is 6.17. The first-order chi connectivity index (χ1) is 8.27. The summed E-state index contributed by atoms with van der Waals surface area (Å²) in [6, 6.07) is 0. The molecule has 2 rings (SSSR count).